The fourth-order valence-corrected chi connectivity index (χ4v) is 2.20. The summed E-state index contributed by atoms with van der Waals surface area (Å²) in [5, 5.41) is 9.51. The normalized spacial score (nSPS) is 10.8. The molecule has 0 fully saturated rings. The molecule has 1 aromatic carbocycles. The zero-order valence-corrected chi connectivity index (χ0v) is 11.5. The highest BCUT2D eigenvalue weighted by Crippen LogP contribution is 2.30. The van der Waals surface area contributed by atoms with Crippen molar-refractivity contribution in [3.63, 3.8) is 0 Å². The number of hydrogen-bond acceptors (Lipinski definition) is 4. The Bertz CT molecular complexity index is 720. The third-order valence-electron chi connectivity index (χ3n) is 3.02. The van der Waals surface area contributed by atoms with Crippen LogP contribution in [0.3, 0.4) is 0 Å². The molecule has 0 amide bonds. The van der Waals surface area contributed by atoms with Crippen LogP contribution in [0, 0.1) is 0 Å². The third-order valence-corrected chi connectivity index (χ3v) is 3.02. The van der Waals surface area contributed by atoms with Gasteiger partial charge >= 0.3 is 11.6 Å². The summed E-state index contributed by atoms with van der Waals surface area (Å²) in [6, 6.07) is 5.12. The van der Waals surface area contributed by atoms with Gasteiger partial charge in [-0.05, 0) is 18.1 Å². The van der Waals surface area contributed by atoms with Crippen LogP contribution in [0.15, 0.2) is 27.4 Å². The lowest BCUT2D eigenvalue weighted by Crippen LogP contribution is -2.17. The SMILES string of the molecule is CCCc1cccc2c(OCCF)c(C(=O)O)c(=O)oc12. The van der Waals surface area contributed by atoms with Gasteiger partial charge in [0.1, 0.15) is 18.9 Å². The minimum absolute atomic E-state index is 0.135. The Morgan fingerprint density at radius 2 is 2.19 bits per heavy atom. The van der Waals surface area contributed by atoms with Gasteiger partial charge in [-0.3, -0.25) is 0 Å². The molecule has 0 spiro atoms. The van der Waals surface area contributed by atoms with Gasteiger partial charge in [-0.2, -0.15) is 0 Å². The van der Waals surface area contributed by atoms with Gasteiger partial charge in [0.25, 0.3) is 0 Å². The van der Waals surface area contributed by atoms with Crippen LogP contribution in [-0.4, -0.2) is 24.4 Å². The molecule has 0 bridgehead atoms. The van der Waals surface area contributed by atoms with Gasteiger partial charge in [-0.15, -0.1) is 0 Å². The van der Waals surface area contributed by atoms with Crippen LogP contribution in [0.2, 0.25) is 0 Å². The second kappa shape index (κ2) is 6.39. The first-order chi connectivity index (χ1) is 10.1. The van der Waals surface area contributed by atoms with E-state index in [9.17, 15) is 14.0 Å². The van der Waals surface area contributed by atoms with Crippen LogP contribution >= 0.6 is 0 Å². The molecular formula is C15H15FO5. The molecule has 0 aliphatic carbocycles. The molecule has 0 atom stereocenters. The number of carboxylic acid groups (broad SMARTS) is 1. The largest absolute Gasteiger partial charge is 0.489 e. The van der Waals surface area contributed by atoms with E-state index in [1.54, 1.807) is 18.2 Å². The van der Waals surface area contributed by atoms with E-state index >= 15 is 0 Å². The van der Waals surface area contributed by atoms with Crippen molar-refractivity contribution >= 4 is 16.9 Å². The van der Waals surface area contributed by atoms with Crippen LogP contribution in [0.4, 0.5) is 4.39 Å². The molecule has 0 aliphatic rings. The second-order valence-electron chi connectivity index (χ2n) is 4.48. The third kappa shape index (κ3) is 2.89. The first-order valence-electron chi connectivity index (χ1n) is 6.60. The van der Waals surface area contributed by atoms with Crippen LogP contribution in [-0.2, 0) is 6.42 Å². The first kappa shape index (κ1) is 15.0. The average molecular weight is 294 g/mol. The summed E-state index contributed by atoms with van der Waals surface area (Å²) in [4.78, 5) is 23.1. The van der Waals surface area contributed by atoms with E-state index in [0.29, 0.717) is 17.4 Å². The van der Waals surface area contributed by atoms with E-state index < -0.39 is 23.8 Å². The number of alkyl halides is 1. The summed E-state index contributed by atoms with van der Waals surface area (Å²) in [5.74, 6) is -1.59. The van der Waals surface area contributed by atoms with Gasteiger partial charge in [0.05, 0.1) is 5.39 Å². The van der Waals surface area contributed by atoms with Gasteiger partial charge in [-0.25, -0.2) is 14.0 Å². The zero-order chi connectivity index (χ0) is 15.4. The molecule has 1 N–H and O–H groups in total. The number of fused-ring (bicyclic) bond motifs is 1. The molecule has 0 saturated heterocycles. The van der Waals surface area contributed by atoms with Crippen molar-refractivity contribution in [2.75, 3.05) is 13.3 Å². The standard InChI is InChI=1S/C15H15FO5/c1-2-4-9-5-3-6-10-12(9)21-15(19)11(14(17)18)13(10)20-8-7-16/h3,5-6H,2,4,7-8H2,1H3,(H,17,18). The molecule has 1 aromatic heterocycles. The maximum atomic E-state index is 12.3. The van der Waals surface area contributed by atoms with E-state index in [1.165, 1.54) is 0 Å². The monoisotopic (exact) mass is 294 g/mol. The number of aromatic carboxylic acids is 1. The Kier molecular flexibility index (Phi) is 4.57. The lowest BCUT2D eigenvalue weighted by molar-refractivity contribution is 0.0687. The molecular weight excluding hydrogens is 279 g/mol. The highest BCUT2D eigenvalue weighted by Gasteiger charge is 2.23. The lowest BCUT2D eigenvalue weighted by atomic mass is 10.0. The van der Waals surface area contributed by atoms with Gasteiger partial charge in [-0.1, -0.05) is 25.5 Å². The zero-order valence-electron chi connectivity index (χ0n) is 11.5. The number of halogens is 1. The fourth-order valence-electron chi connectivity index (χ4n) is 2.20. The number of aryl methyl sites for hydroxylation is 1. The van der Waals surface area contributed by atoms with E-state index in [4.69, 9.17) is 14.3 Å². The van der Waals surface area contributed by atoms with Crippen LogP contribution < -0.4 is 10.4 Å². The molecule has 112 valence electrons. The Hall–Kier alpha value is -2.37. The number of carboxylic acids is 1. The smallest absolute Gasteiger partial charge is 0.354 e. The maximum absolute atomic E-state index is 12.3. The van der Waals surface area contributed by atoms with Crippen LogP contribution in [0.1, 0.15) is 29.3 Å². The quantitative estimate of drug-likeness (QED) is 0.829. The average Bonchev–Trinajstić information content (AvgIpc) is 2.45. The Morgan fingerprint density at radius 1 is 1.43 bits per heavy atom. The summed E-state index contributed by atoms with van der Waals surface area (Å²) in [7, 11) is 0. The Balaban J connectivity index is 2.78. The van der Waals surface area contributed by atoms with Crippen molar-refractivity contribution in [2.24, 2.45) is 0 Å². The molecule has 21 heavy (non-hydrogen) atoms. The molecule has 1 heterocycles. The first-order valence-corrected chi connectivity index (χ1v) is 6.60. The summed E-state index contributed by atoms with van der Waals surface area (Å²) in [5.41, 5.74) is -0.519. The summed E-state index contributed by atoms with van der Waals surface area (Å²) in [6.45, 7) is 0.870. The summed E-state index contributed by atoms with van der Waals surface area (Å²) >= 11 is 0. The summed E-state index contributed by atoms with van der Waals surface area (Å²) in [6.07, 6.45) is 1.51. The molecule has 0 unspecified atom stereocenters. The van der Waals surface area contributed by atoms with Crippen LogP contribution in [0.25, 0.3) is 11.0 Å². The van der Waals surface area contributed by atoms with Crippen LogP contribution in [0.5, 0.6) is 5.75 Å². The highest BCUT2D eigenvalue weighted by molar-refractivity contribution is 5.98. The maximum Gasteiger partial charge on any atom is 0.354 e. The number of benzene rings is 1. The predicted molar refractivity (Wildman–Crippen MR) is 74.9 cm³/mol. The number of rotatable bonds is 6. The van der Waals surface area contributed by atoms with Gasteiger partial charge < -0.3 is 14.3 Å². The minimum Gasteiger partial charge on any atom is -0.489 e. The molecule has 0 radical (unpaired) electrons. The van der Waals surface area contributed by atoms with E-state index in [0.717, 1.165) is 12.0 Å². The van der Waals surface area contributed by atoms with Crippen molar-refractivity contribution in [1.82, 2.24) is 0 Å². The molecule has 5 nitrogen and oxygen atoms in total. The molecule has 2 aromatic rings. The molecule has 6 heteroatoms. The topological polar surface area (TPSA) is 76.7 Å². The molecule has 2 rings (SSSR count). The van der Waals surface area contributed by atoms with E-state index in [-0.39, 0.29) is 12.4 Å². The molecule has 0 saturated carbocycles. The van der Waals surface area contributed by atoms with Gasteiger partial charge in [0, 0.05) is 0 Å². The Morgan fingerprint density at radius 3 is 2.81 bits per heavy atom. The summed E-state index contributed by atoms with van der Waals surface area (Å²) < 4.78 is 22.6. The minimum atomic E-state index is -1.46. The lowest BCUT2D eigenvalue weighted by Gasteiger charge is -2.11. The second-order valence-corrected chi connectivity index (χ2v) is 4.48. The van der Waals surface area contributed by atoms with Crippen molar-refractivity contribution in [3.05, 3.63) is 39.7 Å². The van der Waals surface area contributed by atoms with Crippen molar-refractivity contribution in [1.29, 1.82) is 0 Å². The molecule has 0 aliphatic heterocycles. The van der Waals surface area contributed by atoms with Crippen molar-refractivity contribution in [2.45, 2.75) is 19.8 Å². The van der Waals surface area contributed by atoms with Crippen molar-refractivity contribution in [3.8, 4) is 5.75 Å². The number of hydrogen-bond donors (Lipinski definition) is 1. The number of ether oxygens (including phenoxy) is 1. The van der Waals surface area contributed by atoms with E-state index in [2.05, 4.69) is 0 Å². The number of carbonyl (C=O) groups is 1. The van der Waals surface area contributed by atoms with Gasteiger partial charge in [0.2, 0.25) is 0 Å². The highest BCUT2D eigenvalue weighted by atomic mass is 19.1. The van der Waals surface area contributed by atoms with E-state index in [1.807, 2.05) is 6.92 Å². The fraction of sp³-hybridized carbons (Fsp3) is 0.333. The van der Waals surface area contributed by atoms with Gasteiger partial charge in [0.15, 0.2) is 11.3 Å². The Labute approximate surface area is 120 Å². The number of para-hydroxylation sites is 1. The predicted octanol–water partition coefficient (Wildman–Crippen LogP) is 2.79. The van der Waals surface area contributed by atoms with Crippen molar-refractivity contribution < 1.29 is 23.4 Å².